The molecule has 0 N–H and O–H groups in total. The molecular formula is C90H50N8. The highest BCUT2D eigenvalue weighted by Gasteiger charge is 2.29. The third-order valence-corrected chi connectivity index (χ3v) is 22.1. The number of benzene rings is 14. The summed E-state index contributed by atoms with van der Waals surface area (Å²) in [6.45, 7) is 0. The average molecular weight is 1240 g/mol. The van der Waals surface area contributed by atoms with Crippen molar-refractivity contribution in [1.82, 2.24) is 37.0 Å². The Labute approximate surface area is 556 Å². The Hall–Kier alpha value is -13.3. The molecule has 0 radical (unpaired) electrons. The molecule has 0 spiro atoms. The normalized spacial score (nSPS) is 12.7. The summed E-state index contributed by atoms with van der Waals surface area (Å²) in [5.74, 6) is 0.886. The van der Waals surface area contributed by atoms with Crippen LogP contribution in [0.2, 0.25) is 0 Å². The topological polar surface area (TPSA) is 54.3 Å². The number of rotatable bonds is 5. The van der Waals surface area contributed by atoms with E-state index < -0.39 is 0 Å². The number of aromatic nitrogens is 8. The molecule has 0 saturated heterocycles. The van der Waals surface area contributed by atoms with E-state index in [2.05, 4.69) is 324 Å². The van der Waals surface area contributed by atoms with Crippen LogP contribution in [0.5, 0.6) is 0 Å². The van der Waals surface area contributed by atoms with Crippen molar-refractivity contribution < 1.29 is 0 Å². The first-order valence-electron chi connectivity index (χ1n) is 33.7. The maximum Gasteiger partial charge on any atom is 0.145 e. The smallest absolute Gasteiger partial charge is 0.145 e. The number of fused-ring (bicyclic) bond motifs is 30. The van der Waals surface area contributed by atoms with Crippen LogP contribution in [-0.4, -0.2) is 37.0 Å². The van der Waals surface area contributed by atoms with Crippen LogP contribution >= 0.6 is 0 Å². The Bertz CT molecular complexity index is 7680. The minimum absolute atomic E-state index is 0.886. The van der Waals surface area contributed by atoms with Gasteiger partial charge in [-0.2, -0.15) is 0 Å². The Morgan fingerprint density at radius 3 is 1.39 bits per heavy atom. The molecule has 10 aromatic heterocycles. The van der Waals surface area contributed by atoms with Gasteiger partial charge in [-0.3, -0.25) is 9.13 Å². The lowest BCUT2D eigenvalue weighted by Crippen LogP contribution is -1.99. The summed E-state index contributed by atoms with van der Waals surface area (Å²) in [5, 5.41) is 24.4. The molecule has 0 unspecified atom stereocenters. The molecule has 0 aliphatic rings. The van der Waals surface area contributed by atoms with E-state index in [1.807, 2.05) is 6.20 Å². The molecule has 0 saturated carbocycles. The van der Waals surface area contributed by atoms with E-state index in [0.717, 1.165) is 77.9 Å². The zero-order valence-corrected chi connectivity index (χ0v) is 52.4. The van der Waals surface area contributed by atoms with Gasteiger partial charge < -0.3 is 17.9 Å². The van der Waals surface area contributed by atoms with Gasteiger partial charge in [0.2, 0.25) is 0 Å². The van der Waals surface area contributed by atoms with E-state index in [1.165, 1.54) is 141 Å². The third-order valence-electron chi connectivity index (χ3n) is 22.1. The van der Waals surface area contributed by atoms with Gasteiger partial charge >= 0.3 is 0 Å². The van der Waals surface area contributed by atoms with Gasteiger partial charge in [-0.15, -0.1) is 0 Å². The standard InChI is InChI=1S/C90H50N8/c1-2-21-55(22-3-1)95-78-42-38-57(46-68(78)64-30-17-43-91-90(64)95)94-75-32-13-9-27-61(75)70-48-73-67-45-54(37-41-79(67)98-85-59-25-7-5-19-52(59)35-39-65(85)82(86(70)94)89(73)98)53-20-16-23-56(44-53)93-74-31-12-8-26-60(74)69-49-81(92-50-80(69)93)96-76-33-14-10-28-62(76)71-47-72-63-29-11-15-34-77(63)97-84-58-24-6-4-18-51(58)36-40-66(84)83(87(71)96)88(72)97/h1-50H. The summed E-state index contributed by atoms with van der Waals surface area (Å²) in [6, 6.07) is 108. The highest BCUT2D eigenvalue weighted by atomic mass is 15.1. The molecule has 0 aliphatic heterocycles. The van der Waals surface area contributed by atoms with Gasteiger partial charge in [0.1, 0.15) is 11.5 Å². The summed E-state index contributed by atoms with van der Waals surface area (Å²) in [4.78, 5) is 10.6. The third kappa shape index (κ3) is 6.36. The molecule has 0 aliphatic carbocycles. The van der Waals surface area contributed by atoms with Crippen LogP contribution in [0.1, 0.15) is 0 Å². The van der Waals surface area contributed by atoms with Crippen molar-refractivity contribution >= 4 is 185 Å². The second-order valence-electron chi connectivity index (χ2n) is 26.8. The minimum Gasteiger partial charge on any atom is -0.309 e. The molecule has 0 bridgehead atoms. The van der Waals surface area contributed by atoms with Crippen molar-refractivity contribution in [2.75, 3.05) is 0 Å². The second-order valence-corrected chi connectivity index (χ2v) is 26.8. The Morgan fingerprint density at radius 1 is 0.214 bits per heavy atom. The lowest BCUT2D eigenvalue weighted by atomic mass is 9.99. The summed E-state index contributed by atoms with van der Waals surface area (Å²) in [5.41, 5.74) is 21.9. The highest BCUT2D eigenvalue weighted by Crippen LogP contribution is 2.51. The predicted octanol–water partition coefficient (Wildman–Crippen LogP) is 23.1. The van der Waals surface area contributed by atoms with Crippen molar-refractivity contribution in [2.24, 2.45) is 0 Å². The fourth-order valence-electron chi connectivity index (χ4n) is 18.1. The number of hydrogen-bond acceptors (Lipinski definition) is 2. The summed E-state index contributed by atoms with van der Waals surface area (Å²) in [6.07, 6.45) is 4.02. The highest BCUT2D eigenvalue weighted by molar-refractivity contribution is 6.38. The number of nitrogens with zero attached hydrogens (tertiary/aromatic N) is 8. The molecule has 0 fully saturated rings. The van der Waals surface area contributed by atoms with E-state index >= 15 is 0 Å². The number of hydrogen-bond donors (Lipinski definition) is 0. The first-order chi connectivity index (χ1) is 48.7. The van der Waals surface area contributed by atoms with Crippen molar-refractivity contribution in [1.29, 1.82) is 0 Å². The molecule has 8 nitrogen and oxygen atoms in total. The molecule has 8 heteroatoms. The zero-order valence-electron chi connectivity index (χ0n) is 52.4. The Morgan fingerprint density at radius 2 is 0.694 bits per heavy atom. The monoisotopic (exact) mass is 1240 g/mol. The first kappa shape index (κ1) is 51.2. The van der Waals surface area contributed by atoms with Crippen LogP contribution in [0.25, 0.3) is 219 Å². The van der Waals surface area contributed by atoms with Gasteiger partial charge in [0.05, 0.1) is 77.9 Å². The van der Waals surface area contributed by atoms with Crippen LogP contribution < -0.4 is 0 Å². The minimum atomic E-state index is 0.886. The fraction of sp³-hybridized carbons (Fsp3) is 0. The SMILES string of the molecule is c1ccc(-n2c3ccc(-n4c5ccccc5c5cc6c7cc(-c8cccc(-n9c%10ccccc%10c%10cc(-n%11c%12ccccc%12c%12cc%13c%14ccccc%14n%14c%15c%16ccccc%16ccc%15c(c%12%11)c%13%14)ncc%109)c8)ccc7n7c8c9ccccc9ccc8c(c54)c67)cc3c3cccnc32)cc1. The van der Waals surface area contributed by atoms with Gasteiger partial charge in [-0.25, -0.2) is 9.97 Å². The molecule has 0 atom stereocenters. The maximum atomic E-state index is 5.57. The van der Waals surface area contributed by atoms with Crippen molar-refractivity contribution in [3.8, 4) is 34.0 Å². The summed E-state index contributed by atoms with van der Waals surface area (Å²) < 4.78 is 14.8. The number of pyridine rings is 2. The largest absolute Gasteiger partial charge is 0.309 e. The van der Waals surface area contributed by atoms with Gasteiger partial charge in [0.25, 0.3) is 0 Å². The maximum absolute atomic E-state index is 5.57. The van der Waals surface area contributed by atoms with Crippen LogP contribution in [0.3, 0.4) is 0 Å². The van der Waals surface area contributed by atoms with Crippen molar-refractivity contribution in [3.63, 3.8) is 0 Å². The van der Waals surface area contributed by atoms with E-state index in [1.54, 1.807) is 0 Å². The lowest BCUT2D eigenvalue weighted by molar-refractivity contribution is 1.08. The zero-order chi connectivity index (χ0) is 63.3. The van der Waals surface area contributed by atoms with E-state index in [4.69, 9.17) is 9.97 Å². The van der Waals surface area contributed by atoms with E-state index in [9.17, 15) is 0 Å². The van der Waals surface area contributed by atoms with Crippen LogP contribution in [0, 0.1) is 0 Å². The molecule has 24 aromatic rings. The second kappa shape index (κ2) is 18.3. The Balaban J connectivity index is 0.706. The van der Waals surface area contributed by atoms with Crippen LogP contribution in [0.4, 0.5) is 0 Å². The Kier molecular flexibility index (Phi) is 9.57. The molecule has 24 rings (SSSR count). The van der Waals surface area contributed by atoms with Crippen LogP contribution in [0.15, 0.2) is 304 Å². The van der Waals surface area contributed by atoms with Crippen LogP contribution in [-0.2, 0) is 0 Å². The van der Waals surface area contributed by atoms with Gasteiger partial charge in [-0.1, -0.05) is 182 Å². The lowest BCUT2D eigenvalue weighted by Gasteiger charge is -2.12. The molecule has 14 aromatic carbocycles. The van der Waals surface area contributed by atoms with Gasteiger partial charge in [-0.05, 0) is 131 Å². The van der Waals surface area contributed by atoms with Gasteiger partial charge in [0.15, 0.2) is 0 Å². The van der Waals surface area contributed by atoms with Gasteiger partial charge in [0, 0.05) is 120 Å². The fourth-order valence-corrected chi connectivity index (χ4v) is 18.1. The predicted molar refractivity (Wildman–Crippen MR) is 409 cm³/mol. The summed E-state index contributed by atoms with van der Waals surface area (Å²) >= 11 is 0. The number of para-hydroxylation sites is 5. The average Bonchev–Trinajstić information content (AvgIpc) is 1.52. The molecule has 450 valence electrons. The van der Waals surface area contributed by atoms with E-state index in [0.29, 0.717) is 0 Å². The molecule has 0 amide bonds. The van der Waals surface area contributed by atoms with E-state index in [-0.39, 0.29) is 0 Å². The molecule has 98 heavy (non-hydrogen) atoms. The quantitative estimate of drug-likeness (QED) is 0.172. The molecule has 10 heterocycles. The van der Waals surface area contributed by atoms with Crippen molar-refractivity contribution in [3.05, 3.63) is 304 Å². The molecular weight excluding hydrogens is 1190 g/mol. The first-order valence-corrected chi connectivity index (χ1v) is 33.7. The summed E-state index contributed by atoms with van der Waals surface area (Å²) in [7, 11) is 0. The van der Waals surface area contributed by atoms with Crippen molar-refractivity contribution in [2.45, 2.75) is 0 Å².